The van der Waals surface area contributed by atoms with Crippen LogP contribution in [0, 0.1) is 18.2 Å². The molecule has 0 spiro atoms. The van der Waals surface area contributed by atoms with Gasteiger partial charge in [-0.3, -0.25) is 10.2 Å². The van der Waals surface area contributed by atoms with Crippen LogP contribution in [0.3, 0.4) is 0 Å². The molecule has 1 aromatic heterocycles. The lowest BCUT2D eigenvalue weighted by atomic mass is 10.0. The maximum Gasteiger partial charge on any atom is 0.254 e. The van der Waals surface area contributed by atoms with Crippen molar-refractivity contribution in [3.05, 3.63) is 77.2 Å². The van der Waals surface area contributed by atoms with Crippen molar-refractivity contribution < 1.29 is 22.3 Å². The smallest absolute Gasteiger partial charge is 0.254 e. The number of amides is 1. The van der Waals surface area contributed by atoms with Crippen LogP contribution in [0.25, 0.3) is 11.1 Å². The zero-order chi connectivity index (χ0) is 25.2. The van der Waals surface area contributed by atoms with Gasteiger partial charge in [0.15, 0.2) is 14.9 Å². The van der Waals surface area contributed by atoms with E-state index in [4.69, 9.17) is 10.1 Å². The highest BCUT2D eigenvalue weighted by molar-refractivity contribution is 8.06. The molecule has 1 amide bonds. The molecule has 0 radical (unpaired) electrons. The van der Waals surface area contributed by atoms with Crippen molar-refractivity contribution >= 4 is 32.3 Å². The molecule has 35 heavy (non-hydrogen) atoms. The van der Waals surface area contributed by atoms with Crippen molar-refractivity contribution in [2.75, 3.05) is 37.9 Å². The summed E-state index contributed by atoms with van der Waals surface area (Å²) >= 11 is 0. The number of ether oxygens (including phenoxy) is 1. The number of hydrogen-bond donors (Lipinski definition) is 2. The van der Waals surface area contributed by atoms with Gasteiger partial charge in [-0.15, -0.1) is 0 Å². The molecule has 8 nitrogen and oxygen atoms in total. The molecule has 0 unspecified atom stereocenters. The van der Waals surface area contributed by atoms with E-state index in [0.29, 0.717) is 48.8 Å². The number of anilines is 2. The fourth-order valence-corrected chi connectivity index (χ4v) is 4.33. The first kappa shape index (κ1) is 24.5. The van der Waals surface area contributed by atoms with E-state index in [9.17, 15) is 17.6 Å². The molecule has 3 aromatic rings. The number of aryl methyl sites for hydroxylation is 1. The molecule has 2 heterocycles. The molecule has 1 aliphatic heterocycles. The zero-order valence-electron chi connectivity index (χ0n) is 19.3. The van der Waals surface area contributed by atoms with Gasteiger partial charge >= 0.3 is 0 Å². The molecule has 4 rings (SSSR count). The summed E-state index contributed by atoms with van der Waals surface area (Å²) in [6.07, 6.45) is 2.46. The lowest BCUT2D eigenvalue weighted by Gasteiger charge is -2.27. The molecule has 10 heteroatoms. The molecular formula is C25H25FN4O4S. The third kappa shape index (κ3) is 5.55. The molecule has 0 atom stereocenters. The van der Waals surface area contributed by atoms with E-state index in [2.05, 4.69) is 10.3 Å². The number of sulfone groups is 1. The Bertz CT molecular complexity index is 1390. The van der Waals surface area contributed by atoms with Gasteiger partial charge < -0.3 is 15.0 Å². The maximum absolute atomic E-state index is 14.3. The Balaban J connectivity index is 1.67. The maximum atomic E-state index is 14.3. The second kappa shape index (κ2) is 9.93. The Morgan fingerprint density at radius 1 is 1.11 bits per heavy atom. The van der Waals surface area contributed by atoms with Crippen LogP contribution in [0.1, 0.15) is 21.5 Å². The van der Waals surface area contributed by atoms with Crippen LogP contribution in [-0.4, -0.2) is 61.8 Å². The summed E-state index contributed by atoms with van der Waals surface area (Å²) < 4.78 is 43.7. The number of benzene rings is 2. The van der Waals surface area contributed by atoms with Crippen molar-refractivity contribution in [1.82, 2.24) is 9.88 Å². The predicted octanol–water partition coefficient (Wildman–Crippen LogP) is 3.78. The summed E-state index contributed by atoms with van der Waals surface area (Å²) in [5.74, 6) is -0.233. The predicted molar refractivity (Wildman–Crippen MR) is 132 cm³/mol. The van der Waals surface area contributed by atoms with Gasteiger partial charge in [0.1, 0.15) is 11.6 Å². The molecule has 0 saturated carbocycles. The van der Waals surface area contributed by atoms with Crippen LogP contribution < -0.4 is 5.32 Å². The van der Waals surface area contributed by atoms with Crippen molar-refractivity contribution in [3.8, 4) is 11.1 Å². The number of pyridine rings is 1. The minimum absolute atomic E-state index is 0.113. The van der Waals surface area contributed by atoms with E-state index >= 15 is 0 Å². The first-order valence-electron chi connectivity index (χ1n) is 10.9. The SMILES string of the molecule is Cc1ccc(F)c(-c2ccc(Nc3cc(C(=O)N4CCOCC4)ccc3C(=N)S(C)(=O)=O)nc2)c1. The Hall–Kier alpha value is -3.63. The number of carbonyl (C=O) groups is 1. The third-order valence-electron chi connectivity index (χ3n) is 5.64. The van der Waals surface area contributed by atoms with Crippen molar-refractivity contribution in [1.29, 1.82) is 5.41 Å². The highest BCUT2D eigenvalue weighted by Crippen LogP contribution is 2.27. The van der Waals surface area contributed by atoms with Crippen LogP contribution in [0.5, 0.6) is 0 Å². The first-order valence-corrected chi connectivity index (χ1v) is 12.8. The number of nitrogens with zero attached hydrogens (tertiary/aromatic N) is 2. The third-order valence-corrected chi connectivity index (χ3v) is 6.60. The lowest BCUT2D eigenvalue weighted by Crippen LogP contribution is -2.40. The van der Waals surface area contributed by atoms with Crippen molar-refractivity contribution in [2.45, 2.75) is 6.92 Å². The average molecular weight is 497 g/mol. The van der Waals surface area contributed by atoms with Crippen LogP contribution >= 0.6 is 0 Å². The average Bonchev–Trinajstić information content (AvgIpc) is 2.85. The largest absolute Gasteiger partial charge is 0.378 e. The van der Waals surface area contributed by atoms with E-state index in [1.807, 2.05) is 6.92 Å². The minimum atomic E-state index is -3.81. The number of morpholine rings is 1. The van der Waals surface area contributed by atoms with Crippen LogP contribution in [-0.2, 0) is 14.6 Å². The number of aromatic nitrogens is 1. The number of nitrogens with one attached hydrogen (secondary N) is 2. The van der Waals surface area contributed by atoms with Gasteiger partial charge in [0.25, 0.3) is 5.91 Å². The van der Waals surface area contributed by atoms with Gasteiger partial charge in [-0.2, -0.15) is 0 Å². The van der Waals surface area contributed by atoms with Crippen LogP contribution in [0.4, 0.5) is 15.9 Å². The van der Waals surface area contributed by atoms with Gasteiger partial charge in [-0.25, -0.2) is 17.8 Å². The van der Waals surface area contributed by atoms with Gasteiger partial charge in [0.05, 0.1) is 18.9 Å². The molecule has 2 aromatic carbocycles. The molecule has 1 fully saturated rings. The number of carbonyl (C=O) groups excluding carboxylic acids is 1. The Morgan fingerprint density at radius 2 is 1.86 bits per heavy atom. The van der Waals surface area contributed by atoms with E-state index in [1.165, 1.54) is 30.5 Å². The van der Waals surface area contributed by atoms with Crippen LogP contribution in [0.2, 0.25) is 0 Å². The highest BCUT2D eigenvalue weighted by atomic mass is 32.2. The van der Waals surface area contributed by atoms with Crippen LogP contribution in [0.15, 0.2) is 54.7 Å². The van der Waals surface area contributed by atoms with Crippen molar-refractivity contribution in [3.63, 3.8) is 0 Å². The summed E-state index contributed by atoms with van der Waals surface area (Å²) in [6.45, 7) is 3.69. The van der Waals surface area contributed by atoms with Gasteiger partial charge in [0.2, 0.25) is 0 Å². The molecule has 0 aliphatic carbocycles. The molecule has 1 saturated heterocycles. The van der Waals surface area contributed by atoms with E-state index in [0.717, 1.165) is 11.8 Å². The second-order valence-corrected chi connectivity index (χ2v) is 10.3. The number of rotatable bonds is 5. The standard InChI is InChI=1S/C25H25FN4O4S/c1-16-3-7-21(26)20(13-16)18-5-8-23(28-15-18)29-22-14-17(25(31)30-9-11-34-12-10-30)4-6-19(22)24(27)35(2,32)33/h3-8,13-15,27H,9-12H2,1-2H3,(H,28,29). The Morgan fingerprint density at radius 3 is 2.51 bits per heavy atom. The summed E-state index contributed by atoms with van der Waals surface area (Å²) in [5, 5.41) is 10.6. The number of hydrogen-bond acceptors (Lipinski definition) is 7. The monoisotopic (exact) mass is 496 g/mol. The van der Waals surface area contributed by atoms with E-state index in [1.54, 1.807) is 29.2 Å². The number of halogens is 1. The minimum Gasteiger partial charge on any atom is -0.378 e. The van der Waals surface area contributed by atoms with Gasteiger partial charge in [0, 0.05) is 47.8 Å². The first-order chi connectivity index (χ1) is 16.6. The molecule has 1 aliphatic rings. The topological polar surface area (TPSA) is 112 Å². The summed E-state index contributed by atoms with van der Waals surface area (Å²) in [4.78, 5) is 19.0. The van der Waals surface area contributed by atoms with Gasteiger partial charge in [-0.1, -0.05) is 11.6 Å². The fourth-order valence-electron chi connectivity index (χ4n) is 3.75. The van der Waals surface area contributed by atoms with E-state index < -0.39 is 14.9 Å². The summed E-state index contributed by atoms with van der Waals surface area (Å²) in [5.41, 5.74) is 2.62. The molecule has 2 N–H and O–H groups in total. The normalized spacial score (nSPS) is 14.0. The van der Waals surface area contributed by atoms with Gasteiger partial charge in [-0.05, 0) is 49.4 Å². The molecule has 182 valence electrons. The van der Waals surface area contributed by atoms with E-state index in [-0.39, 0.29) is 23.0 Å². The quantitative estimate of drug-likeness (QED) is 0.411. The Kier molecular flexibility index (Phi) is 6.95. The zero-order valence-corrected chi connectivity index (χ0v) is 20.2. The second-order valence-electron chi connectivity index (χ2n) is 8.31. The fraction of sp³-hybridized carbons (Fsp3) is 0.240. The molecular weight excluding hydrogens is 471 g/mol. The summed E-state index contributed by atoms with van der Waals surface area (Å²) in [6, 6.07) is 12.6. The van der Waals surface area contributed by atoms with Crippen molar-refractivity contribution in [2.24, 2.45) is 0 Å². The lowest BCUT2D eigenvalue weighted by molar-refractivity contribution is 0.0303. The Labute approximate surface area is 203 Å². The highest BCUT2D eigenvalue weighted by Gasteiger charge is 2.23. The summed E-state index contributed by atoms with van der Waals surface area (Å²) in [7, 11) is -3.81. The molecule has 0 bridgehead atoms.